The highest BCUT2D eigenvalue weighted by Gasteiger charge is 2.13. The Hall–Kier alpha value is -3.80. The highest BCUT2D eigenvalue weighted by Crippen LogP contribution is 2.19. The van der Waals surface area contributed by atoms with Gasteiger partial charge in [0.2, 0.25) is 5.91 Å². The second-order valence-electron chi connectivity index (χ2n) is 7.26. The van der Waals surface area contributed by atoms with Gasteiger partial charge in [-0.05, 0) is 49.7 Å². The van der Waals surface area contributed by atoms with E-state index >= 15 is 0 Å². The molecule has 0 aliphatic rings. The molecule has 0 unspecified atom stereocenters. The molecule has 0 saturated heterocycles. The number of nitrogens with one attached hydrogen (secondary N) is 2. The average molecular weight is 432 g/mol. The van der Waals surface area contributed by atoms with Crippen molar-refractivity contribution in [2.45, 2.75) is 20.5 Å². The molecule has 0 radical (unpaired) electrons. The quantitative estimate of drug-likeness (QED) is 0.484. The van der Waals surface area contributed by atoms with E-state index in [1.807, 2.05) is 68.4 Å². The Kier molecular flexibility index (Phi) is 8.26. The molecular formula is C26H29N3O3. The molecule has 3 rings (SSSR count). The smallest absolute Gasteiger partial charge is 0.253 e. The van der Waals surface area contributed by atoms with Crippen molar-refractivity contribution in [3.63, 3.8) is 0 Å². The van der Waals surface area contributed by atoms with Crippen LogP contribution in [0.1, 0.15) is 29.8 Å². The van der Waals surface area contributed by atoms with Crippen molar-refractivity contribution in [1.82, 2.24) is 4.90 Å². The highest BCUT2D eigenvalue weighted by molar-refractivity contribution is 5.98. The number of amides is 2. The number of anilines is 2. The number of nitrogens with zero attached hydrogens (tertiary/aromatic N) is 1. The summed E-state index contributed by atoms with van der Waals surface area (Å²) in [6, 6.07) is 24.5. The van der Waals surface area contributed by atoms with Crippen molar-refractivity contribution in [2.75, 3.05) is 30.3 Å². The van der Waals surface area contributed by atoms with Crippen LogP contribution in [-0.2, 0) is 11.4 Å². The number of hydrogen-bond donors (Lipinski definition) is 2. The van der Waals surface area contributed by atoms with Gasteiger partial charge in [0.05, 0.1) is 6.54 Å². The summed E-state index contributed by atoms with van der Waals surface area (Å²) < 4.78 is 5.83. The van der Waals surface area contributed by atoms with Gasteiger partial charge in [0.15, 0.2) is 0 Å². The number of benzene rings is 3. The van der Waals surface area contributed by atoms with Gasteiger partial charge in [-0.15, -0.1) is 0 Å². The third-order valence-electron chi connectivity index (χ3n) is 4.98. The molecule has 0 aromatic heterocycles. The minimum atomic E-state index is -0.201. The number of carbonyl (C=O) groups excluding carboxylic acids is 2. The van der Waals surface area contributed by atoms with Crippen molar-refractivity contribution in [3.8, 4) is 5.75 Å². The first-order valence-corrected chi connectivity index (χ1v) is 10.8. The van der Waals surface area contributed by atoms with Crippen LogP contribution >= 0.6 is 0 Å². The Morgan fingerprint density at radius 2 is 1.56 bits per heavy atom. The lowest BCUT2D eigenvalue weighted by Gasteiger charge is -2.19. The van der Waals surface area contributed by atoms with Crippen LogP contribution in [0, 0.1) is 0 Å². The summed E-state index contributed by atoms with van der Waals surface area (Å²) in [5, 5.41) is 5.95. The second-order valence-corrected chi connectivity index (χ2v) is 7.26. The fraction of sp³-hybridized carbons (Fsp3) is 0.231. The summed E-state index contributed by atoms with van der Waals surface area (Å²) in [6.45, 7) is 5.75. The fourth-order valence-electron chi connectivity index (χ4n) is 3.25. The van der Waals surface area contributed by atoms with Gasteiger partial charge in [-0.1, -0.05) is 42.5 Å². The van der Waals surface area contributed by atoms with E-state index in [4.69, 9.17) is 4.74 Å². The zero-order chi connectivity index (χ0) is 22.8. The Bertz CT molecular complexity index is 1030. The predicted octanol–water partition coefficient (Wildman–Crippen LogP) is 4.80. The Morgan fingerprint density at radius 1 is 0.844 bits per heavy atom. The maximum atomic E-state index is 12.5. The van der Waals surface area contributed by atoms with Crippen LogP contribution in [0.5, 0.6) is 5.75 Å². The minimum Gasteiger partial charge on any atom is -0.489 e. The number of carbonyl (C=O) groups is 2. The van der Waals surface area contributed by atoms with Crippen LogP contribution in [0.25, 0.3) is 0 Å². The molecule has 0 aliphatic carbocycles. The highest BCUT2D eigenvalue weighted by atomic mass is 16.5. The van der Waals surface area contributed by atoms with E-state index in [9.17, 15) is 9.59 Å². The van der Waals surface area contributed by atoms with E-state index in [1.54, 1.807) is 29.2 Å². The average Bonchev–Trinajstić information content (AvgIpc) is 2.83. The Balaban J connectivity index is 1.53. The number of rotatable bonds is 10. The van der Waals surface area contributed by atoms with Crippen LogP contribution in [0.15, 0.2) is 78.9 Å². The van der Waals surface area contributed by atoms with Gasteiger partial charge in [-0.25, -0.2) is 0 Å². The first-order valence-electron chi connectivity index (χ1n) is 10.8. The first-order chi connectivity index (χ1) is 15.6. The lowest BCUT2D eigenvalue weighted by Crippen LogP contribution is -2.30. The largest absolute Gasteiger partial charge is 0.489 e. The number of ether oxygens (including phenoxy) is 1. The van der Waals surface area contributed by atoms with Crippen LogP contribution in [-0.4, -0.2) is 36.3 Å². The Morgan fingerprint density at radius 3 is 2.31 bits per heavy atom. The molecule has 0 aliphatic heterocycles. The maximum absolute atomic E-state index is 12.5. The molecule has 3 aromatic carbocycles. The molecule has 32 heavy (non-hydrogen) atoms. The zero-order valence-electron chi connectivity index (χ0n) is 18.5. The molecule has 166 valence electrons. The first kappa shape index (κ1) is 22.9. The van der Waals surface area contributed by atoms with Gasteiger partial charge in [0.1, 0.15) is 12.4 Å². The topological polar surface area (TPSA) is 70.7 Å². The van der Waals surface area contributed by atoms with Crippen molar-refractivity contribution in [1.29, 1.82) is 0 Å². The standard InChI is InChI=1S/C26H29N3O3/c1-3-29(4-2)26(31)21-12-8-14-23(16-21)28-25(30)18-27-22-13-9-15-24(17-22)32-19-20-10-6-5-7-11-20/h5-17,27H,3-4,18-19H2,1-2H3,(H,28,30). The summed E-state index contributed by atoms with van der Waals surface area (Å²) in [5.41, 5.74) is 3.03. The lowest BCUT2D eigenvalue weighted by molar-refractivity contribution is -0.114. The predicted molar refractivity (Wildman–Crippen MR) is 128 cm³/mol. The molecule has 3 aromatic rings. The zero-order valence-corrected chi connectivity index (χ0v) is 18.5. The monoisotopic (exact) mass is 431 g/mol. The van der Waals surface area contributed by atoms with E-state index in [1.165, 1.54) is 0 Å². The van der Waals surface area contributed by atoms with Crippen LogP contribution in [0.2, 0.25) is 0 Å². The van der Waals surface area contributed by atoms with Gasteiger partial charge in [-0.2, -0.15) is 0 Å². The molecule has 0 spiro atoms. The van der Waals surface area contributed by atoms with E-state index in [0.29, 0.717) is 30.9 Å². The summed E-state index contributed by atoms with van der Waals surface area (Å²) in [4.78, 5) is 26.7. The second kappa shape index (κ2) is 11.6. The molecule has 0 bridgehead atoms. The molecule has 0 heterocycles. The van der Waals surface area contributed by atoms with Gasteiger partial charge in [0.25, 0.3) is 5.91 Å². The van der Waals surface area contributed by atoms with Gasteiger partial charge < -0.3 is 20.3 Å². The molecule has 2 N–H and O–H groups in total. The molecule has 2 amide bonds. The Labute approximate surface area is 189 Å². The van der Waals surface area contributed by atoms with E-state index in [2.05, 4.69) is 10.6 Å². The van der Waals surface area contributed by atoms with Gasteiger partial charge in [0, 0.05) is 36.1 Å². The van der Waals surface area contributed by atoms with E-state index < -0.39 is 0 Å². The molecule has 6 nitrogen and oxygen atoms in total. The van der Waals surface area contributed by atoms with Crippen LogP contribution in [0.4, 0.5) is 11.4 Å². The van der Waals surface area contributed by atoms with Gasteiger partial charge in [-0.3, -0.25) is 9.59 Å². The summed E-state index contributed by atoms with van der Waals surface area (Å²) in [7, 11) is 0. The third-order valence-corrected chi connectivity index (χ3v) is 4.98. The fourth-order valence-corrected chi connectivity index (χ4v) is 3.25. The van der Waals surface area contributed by atoms with Crippen LogP contribution < -0.4 is 15.4 Å². The van der Waals surface area contributed by atoms with Crippen molar-refractivity contribution in [3.05, 3.63) is 90.0 Å². The SMILES string of the molecule is CCN(CC)C(=O)c1cccc(NC(=O)CNc2cccc(OCc3ccccc3)c2)c1. The molecule has 0 saturated carbocycles. The molecular weight excluding hydrogens is 402 g/mol. The summed E-state index contributed by atoms with van der Waals surface area (Å²) >= 11 is 0. The maximum Gasteiger partial charge on any atom is 0.253 e. The molecule has 0 atom stereocenters. The van der Waals surface area contributed by atoms with Crippen LogP contribution in [0.3, 0.4) is 0 Å². The molecule has 6 heteroatoms. The normalized spacial score (nSPS) is 10.3. The van der Waals surface area contributed by atoms with E-state index in [-0.39, 0.29) is 18.4 Å². The third kappa shape index (κ3) is 6.60. The molecule has 0 fully saturated rings. The van der Waals surface area contributed by atoms with E-state index in [0.717, 1.165) is 17.0 Å². The van der Waals surface area contributed by atoms with Crippen molar-refractivity contribution < 1.29 is 14.3 Å². The van der Waals surface area contributed by atoms with Gasteiger partial charge >= 0.3 is 0 Å². The van der Waals surface area contributed by atoms with Crippen molar-refractivity contribution in [2.24, 2.45) is 0 Å². The van der Waals surface area contributed by atoms with Crippen molar-refractivity contribution >= 4 is 23.2 Å². The minimum absolute atomic E-state index is 0.0449. The lowest BCUT2D eigenvalue weighted by atomic mass is 10.1. The number of hydrogen-bond acceptors (Lipinski definition) is 4. The summed E-state index contributed by atoms with van der Waals surface area (Å²) in [5.74, 6) is 0.478. The summed E-state index contributed by atoms with van der Waals surface area (Å²) in [6.07, 6.45) is 0.